The zero-order valence-corrected chi connectivity index (χ0v) is 21.2. The van der Waals surface area contributed by atoms with E-state index in [9.17, 15) is 9.59 Å². The average molecular weight is 511 g/mol. The number of nitrogens with zero attached hydrogens (tertiary/aromatic N) is 2. The van der Waals surface area contributed by atoms with Gasteiger partial charge in [-0.3, -0.25) is 9.36 Å². The topological polar surface area (TPSA) is 79.1 Å². The molecular weight excluding hydrogens is 488 g/mol. The highest BCUT2D eigenvalue weighted by molar-refractivity contribution is 7.07. The number of ether oxygens (including phenoxy) is 3. The van der Waals surface area contributed by atoms with Gasteiger partial charge in [-0.2, -0.15) is 0 Å². The number of esters is 1. The van der Waals surface area contributed by atoms with E-state index in [0.717, 1.165) is 16.7 Å². The smallest absolute Gasteiger partial charge is 0.338 e. The number of carbonyl (C=O) groups excluding carboxylic acids is 1. The number of aromatic nitrogens is 1. The first-order chi connectivity index (χ1) is 16.7. The fourth-order valence-corrected chi connectivity index (χ4v) is 5.34. The van der Waals surface area contributed by atoms with Crippen molar-refractivity contribution in [2.75, 3.05) is 6.79 Å². The Morgan fingerprint density at radius 3 is 2.57 bits per heavy atom. The Kier molecular flexibility index (Phi) is 6.02. The van der Waals surface area contributed by atoms with Crippen LogP contribution in [0.4, 0.5) is 0 Å². The molecular formula is C26H23ClN2O5S. The lowest BCUT2D eigenvalue weighted by molar-refractivity contribution is -0.143. The summed E-state index contributed by atoms with van der Waals surface area (Å²) in [6.45, 7) is 7.46. The number of hydrogen-bond acceptors (Lipinski definition) is 7. The lowest BCUT2D eigenvalue weighted by Crippen LogP contribution is -2.40. The van der Waals surface area contributed by atoms with Crippen molar-refractivity contribution in [3.8, 4) is 11.5 Å². The fraction of sp³-hybridized carbons (Fsp3) is 0.269. The van der Waals surface area contributed by atoms with Crippen LogP contribution in [0.15, 0.2) is 57.5 Å². The van der Waals surface area contributed by atoms with Gasteiger partial charge in [-0.1, -0.05) is 35.1 Å². The van der Waals surface area contributed by atoms with E-state index in [2.05, 4.69) is 4.99 Å². The van der Waals surface area contributed by atoms with Gasteiger partial charge in [-0.15, -0.1) is 0 Å². The summed E-state index contributed by atoms with van der Waals surface area (Å²) in [4.78, 5) is 32.0. The van der Waals surface area contributed by atoms with Gasteiger partial charge < -0.3 is 14.2 Å². The predicted molar refractivity (Wildman–Crippen MR) is 134 cm³/mol. The van der Waals surface area contributed by atoms with Gasteiger partial charge in [0.1, 0.15) is 0 Å². The van der Waals surface area contributed by atoms with E-state index in [1.54, 1.807) is 37.5 Å². The first-order valence-electron chi connectivity index (χ1n) is 11.1. The van der Waals surface area contributed by atoms with Gasteiger partial charge in [-0.05, 0) is 74.7 Å². The molecule has 5 rings (SSSR count). The van der Waals surface area contributed by atoms with Gasteiger partial charge in [0.25, 0.3) is 5.56 Å². The van der Waals surface area contributed by atoms with E-state index < -0.39 is 12.0 Å². The molecule has 0 fully saturated rings. The van der Waals surface area contributed by atoms with E-state index in [4.69, 9.17) is 25.8 Å². The molecule has 9 heteroatoms. The van der Waals surface area contributed by atoms with Gasteiger partial charge >= 0.3 is 5.97 Å². The maximum atomic E-state index is 13.7. The third-order valence-electron chi connectivity index (χ3n) is 5.82. The molecule has 3 aromatic rings. The molecule has 0 bridgehead atoms. The Labute approximate surface area is 210 Å². The van der Waals surface area contributed by atoms with Crippen LogP contribution in [-0.4, -0.2) is 23.4 Å². The Balaban J connectivity index is 1.70. The zero-order valence-electron chi connectivity index (χ0n) is 19.6. The molecule has 0 saturated carbocycles. The second kappa shape index (κ2) is 9.02. The largest absolute Gasteiger partial charge is 0.459 e. The van der Waals surface area contributed by atoms with E-state index in [1.807, 2.05) is 37.3 Å². The molecule has 0 N–H and O–H groups in total. The van der Waals surface area contributed by atoms with Gasteiger partial charge in [-0.25, -0.2) is 9.79 Å². The van der Waals surface area contributed by atoms with Gasteiger partial charge in [0.2, 0.25) is 6.79 Å². The van der Waals surface area contributed by atoms with Gasteiger partial charge in [0, 0.05) is 5.02 Å². The van der Waals surface area contributed by atoms with Gasteiger partial charge in [0.05, 0.1) is 27.9 Å². The summed E-state index contributed by atoms with van der Waals surface area (Å²) in [6.07, 6.45) is 1.51. The molecule has 0 aliphatic carbocycles. The molecule has 0 saturated heterocycles. The first-order valence-corrected chi connectivity index (χ1v) is 12.3. The lowest BCUT2D eigenvalue weighted by atomic mass is 9.96. The quantitative estimate of drug-likeness (QED) is 0.498. The van der Waals surface area contributed by atoms with Crippen LogP contribution in [0, 0.1) is 6.92 Å². The minimum atomic E-state index is -0.685. The van der Waals surface area contributed by atoms with E-state index >= 15 is 0 Å². The molecule has 1 atom stereocenters. The lowest BCUT2D eigenvalue weighted by Gasteiger charge is -2.25. The van der Waals surface area contributed by atoms with Crippen LogP contribution >= 0.6 is 22.9 Å². The van der Waals surface area contributed by atoms with E-state index in [1.165, 1.54) is 11.3 Å². The van der Waals surface area contributed by atoms with E-state index in [0.29, 0.717) is 37.1 Å². The Morgan fingerprint density at radius 1 is 1.20 bits per heavy atom. The average Bonchev–Trinajstić information content (AvgIpc) is 3.36. The SMILES string of the molecule is CC1=C(C(=O)OC(C)C)C(c2ccc(Cl)cc2)n2c(s/c(=C\c3cc4c(cc3C)OCO4)c2=O)=N1. The summed E-state index contributed by atoms with van der Waals surface area (Å²) in [7, 11) is 0. The summed E-state index contributed by atoms with van der Waals surface area (Å²) < 4.78 is 18.5. The standard InChI is InChI=1S/C26H23ClN2O5S/c1-13(2)34-25(31)22-15(4)28-26-29(23(22)16-5-7-18(27)8-6-16)24(30)21(35-26)11-17-10-20-19(9-14(17)3)32-12-33-20/h5-11,13,23H,12H2,1-4H3/b21-11-. The van der Waals surface area contributed by atoms with Crippen LogP contribution in [-0.2, 0) is 9.53 Å². The van der Waals surface area contributed by atoms with Crippen LogP contribution < -0.4 is 24.4 Å². The monoisotopic (exact) mass is 510 g/mol. The van der Waals surface area contributed by atoms with Crippen molar-refractivity contribution in [1.82, 2.24) is 4.57 Å². The molecule has 180 valence electrons. The number of thiazole rings is 1. The Morgan fingerprint density at radius 2 is 1.89 bits per heavy atom. The fourth-order valence-electron chi connectivity index (χ4n) is 4.18. The number of benzene rings is 2. The van der Waals surface area contributed by atoms with Crippen molar-refractivity contribution >= 4 is 35.0 Å². The number of aryl methyl sites for hydroxylation is 1. The molecule has 2 aromatic carbocycles. The minimum absolute atomic E-state index is 0.177. The van der Waals surface area contributed by atoms with Crippen molar-refractivity contribution in [3.63, 3.8) is 0 Å². The highest BCUT2D eigenvalue weighted by Gasteiger charge is 2.33. The van der Waals surface area contributed by atoms with Crippen molar-refractivity contribution in [1.29, 1.82) is 0 Å². The van der Waals surface area contributed by atoms with Crippen LogP contribution in [0.2, 0.25) is 5.02 Å². The molecule has 0 amide bonds. The van der Waals surface area contributed by atoms with Crippen molar-refractivity contribution in [2.24, 2.45) is 4.99 Å². The summed E-state index contributed by atoms with van der Waals surface area (Å²) in [5.74, 6) is 0.832. The Hall–Kier alpha value is -3.36. The molecule has 7 nitrogen and oxygen atoms in total. The molecule has 2 aliphatic rings. The number of rotatable bonds is 4. The Bertz CT molecular complexity index is 1550. The number of halogens is 1. The second-order valence-corrected chi connectivity index (χ2v) is 10.1. The molecule has 2 aliphatic heterocycles. The predicted octanol–water partition coefficient (Wildman–Crippen LogP) is 3.88. The third kappa shape index (κ3) is 4.28. The number of carbonyl (C=O) groups is 1. The van der Waals surface area contributed by atoms with Crippen LogP contribution in [0.5, 0.6) is 11.5 Å². The molecule has 0 spiro atoms. The minimum Gasteiger partial charge on any atom is -0.459 e. The third-order valence-corrected chi connectivity index (χ3v) is 7.05. The van der Waals surface area contributed by atoms with Crippen LogP contribution in [0.1, 0.15) is 43.5 Å². The molecule has 1 aromatic heterocycles. The van der Waals surface area contributed by atoms with Crippen LogP contribution in [0.3, 0.4) is 0 Å². The molecule has 3 heterocycles. The molecule has 1 unspecified atom stereocenters. The van der Waals surface area contributed by atoms with Crippen molar-refractivity contribution in [2.45, 2.75) is 39.8 Å². The zero-order chi connectivity index (χ0) is 24.9. The number of fused-ring (bicyclic) bond motifs is 2. The summed E-state index contributed by atoms with van der Waals surface area (Å²) in [6, 6.07) is 10.2. The molecule has 0 radical (unpaired) electrons. The summed E-state index contributed by atoms with van der Waals surface area (Å²) in [5.41, 5.74) is 3.14. The summed E-state index contributed by atoms with van der Waals surface area (Å²) in [5, 5.41) is 0.562. The van der Waals surface area contributed by atoms with Crippen LogP contribution in [0.25, 0.3) is 6.08 Å². The maximum absolute atomic E-state index is 13.7. The second-order valence-electron chi connectivity index (χ2n) is 8.65. The maximum Gasteiger partial charge on any atom is 0.338 e. The normalized spacial score (nSPS) is 17.0. The van der Waals surface area contributed by atoms with E-state index in [-0.39, 0.29) is 18.5 Å². The number of hydrogen-bond donors (Lipinski definition) is 0. The first kappa shape index (κ1) is 23.4. The van der Waals surface area contributed by atoms with Crippen molar-refractivity contribution < 1.29 is 19.0 Å². The summed E-state index contributed by atoms with van der Waals surface area (Å²) >= 11 is 7.39. The number of allylic oxidation sites excluding steroid dienone is 1. The molecule has 35 heavy (non-hydrogen) atoms. The highest BCUT2D eigenvalue weighted by atomic mass is 35.5. The highest BCUT2D eigenvalue weighted by Crippen LogP contribution is 2.35. The van der Waals surface area contributed by atoms with Gasteiger partial charge in [0.15, 0.2) is 16.3 Å². The van der Waals surface area contributed by atoms with Crippen molar-refractivity contribution in [3.05, 3.63) is 89.1 Å².